The standard InChI is InChI=1S/C20H32N4O2/c1-4-6-19(25)23-18-9-7-16(8-10-18)13-22-20(21-5-2)24-12-11-17(14-24)15-26-3/h7-10,17H,4-6,11-15H2,1-3H3,(H,21,22)(H,23,25). The van der Waals surface area contributed by atoms with Crippen molar-refractivity contribution >= 4 is 17.6 Å². The first-order valence-electron chi connectivity index (χ1n) is 9.57. The first-order chi connectivity index (χ1) is 12.7. The molecule has 2 N–H and O–H groups in total. The summed E-state index contributed by atoms with van der Waals surface area (Å²) in [5.74, 6) is 1.61. The van der Waals surface area contributed by atoms with Crippen LogP contribution in [0.25, 0.3) is 0 Å². The number of hydrogen-bond acceptors (Lipinski definition) is 3. The van der Waals surface area contributed by atoms with Crippen LogP contribution in [0.2, 0.25) is 0 Å². The average molecular weight is 361 g/mol. The van der Waals surface area contributed by atoms with Crippen molar-refractivity contribution in [2.45, 2.75) is 39.7 Å². The maximum Gasteiger partial charge on any atom is 0.224 e. The molecular formula is C20H32N4O2. The van der Waals surface area contributed by atoms with E-state index >= 15 is 0 Å². The van der Waals surface area contributed by atoms with Gasteiger partial charge in [0.05, 0.1) is 13.2 Å². The summed E-state index contributed by atoms with van der Waals surface area (Å²) in [7, 11) is 1.76. The third kappa shape index (κ3) is 6.33. The summed E-state index contributed by atoms with van der Waals surface area (Å²) in [4.78, 5) is 18.7. The quantitative estimate of drug-likeness (QED) is 0.553. The molecule has 1 atom stereocenters. The lowest BCUT2D eigenvalue weighted by atomic mass is 10.1. The van der Waals surface area contributed by atoms with Crippen LogP contribution in [0.1, 0.15) is 38.7 Å². The van der Waals surface area contributed by atoms with E-state index in [-0.39, 0.29) is 5.91 Å². The Hall–Kier alpha value is -2.08. The minimum atomic E-state index is 0.0624. The van der Waals surface area contributed by atoms with Gasteiger partial charge in [-0.2, -0.15) is 0 Å². The van der Waals surface area contributed by atoms with Crippen molar-refractivity contribution in [3.8, 4) is 0 Å². The van der Waals surface area contributed by atoms with Gasteiger partial charge in [-0.05, 0) is 37.5 Å². The second-order valence-electron chi connectivity index (χ2n) is 6.72. The molecule has 144 valence electrons. The number of guanidine groups is 1. The van der Waals surface area contributed by atoms with Crippen molar-refractivity contribution in [3.05, 3.63) is 29.8 Å². The Morgan fingerprint density at radius 2 is 2.08 bits per heavy atom. The van der Waals surface area contributed by atoms with Crippen LogP contribution in [-0.2, 0) is 16.1 Å². The van der Waals surface area contributed by atoms with Crippen LogP contribution in [0.5, 0.6) is 0 Å². The summed E-state index contributed by atoms with van der Waals surface area (Å²) in [5, 5.41) is 6.30. The molecule has 1 aromatic carbocycles. The van der Waals surface area contributed by atoms with Crippen LogP contribution in [0, 0.1) is 5.92 Å². The summed E-state index contributed by atoms with van der Waals surface area (Å²) in [5.41, 5.74) is 1.96. The van der Waals surface area contributed by atoms with Gasteiger partial charge < -0.3 is 20.3 Å². The Morgan fingerprint density at radius 1 is 1.31 bits per heavy atom. The van der Waals surface area contributed by atoms with Gasteiger partial charge in [0.1, 0.15) is 0 Å². The molecule has 1 aliphatic rings. The Balaban J connectivity index is 1.93. The molecular weight excluding hydrogens is 328 g/mol. The fraction of sp³-hybridized carbons (Fsp3) is 0.600. The van der Waals surface area contributed by atoms with E-state index in [1.807, 2.05) is 31.2 Å². The van der Waals surface area contributed by atoms with Crippen molar-refractivity contribution in [2.24, 2.45) is 10.9 Å². The molecule has 26 heavy (non-hydrogen) atoms. The van der Waals surface area contributed by atoms with Crippen molar-refractivity contribution in [1.29, 1.82) is 0 Å². The number of carbonyl (C=O) groups excluding carboxylic acids is 1. The minimum absolute atomic E-state index is 0.0624. The molecule has 1 heterocycles. The summed E-state index contributed by atoms with van der Waals surface area (Å²) < 4.78 is 5.28. The zero-order valence-corrected chi connectivity index (χ0v) is 16.3. The maximum absolute atomic E-state index is 11.6. The molecule has 0 spiro atoms. The molecule has 2 rings (SSSR count). The lowest BCUT2D eigenvalue weighted by Gasteiger charge is -2.21. The molecule has 0 bridgehead atoms. The molecule has 1 aliphatic heterocycles. The van der Waals surface area contributed by atoms with Gasteiger partial charge in [0, 0.05) is 44.8 Å². The SMILES string of the molecule is CCCC(=O)Nc1ccc(CN=C(NCC)N2CCC(COC)C2)cc1. The number of amides is 1. The topological polar surface area (TPSA) is 66.0 Å². The smallest absolute Gasteiger partial charge is 0.224 e. The van der Waals surface area contributed by atoms with Crippen LogP contribution in [0.15, 0.2) is 29.3 Å². The zero-order valence-electron chi connectivity index (χ0n) is 16.3. The van der Waals surface area contributed by atoms with Crippen LogP contribution < -0.4 is 10.6 Å². The highest BCUT2D eigenvalue weighted by atomic mass is 16.5. The molecule has 6 nitrogen and oxygen atoms in total. The van der Waals surface area contributed by atoms with Gasteiger partial charge in [0.15, 0.2) is 5.96 Å². The van der Waals surface area contributed by atoms with Gasteiger partial charge in [0.25, 0.3) is 0 Å². The third-order valence-electron chi connectivity index (χ3n) is 4.45. The highest BCUT2D eigenvalue weighted by molar-refractivity contribution is 5.90. The normalized spacial score (nSPS) is 17.4. The van der Waals surface area contributed by atoms with E-state index in [4.69, 9.17) is 9.73 Å². The molecule has 1 saturated heterocycles. The monoisotopic (exact) mass is 360 g/mol. The van der Waals surface area contributed by atoms with E-state index in [1.54, 1.807) is 7.11 Å². The molecule has 6 heteroatoms. The predicted molar refractivity (Wildman–Crippen MR) is 106 cm³/mol. The molecule has 0 aromatic heterocycles. The minimum Gasteiger partial charge on any atom is -0.384 e. The summed E-state index contributed by atoms with van der Waals surface area (Å²) in [6.45, 7) is 8.38. The van der Waals surface area contributed by atoms with E-state index in [0.717, 1.165) is 56.3 Å². The molecule has 1 unspecified atom stereocenters. The molecule has 1 aromatic rings. The van der Waals surface area contributed by atoms with Crippen molar-refractivity contribution in [2.75, 3.05) is 38.7 Å². The maximum atomic E-state index is 11.6. The summed E-state index contributed by atoms with van der Waals surface area (Å²) in [6.07, 6.45) is 2.55. The number of carbonyl (C=O) groups is 1. The summed E-state index contributed by atoms with van der Waals surface area (Å²) >= 11 is 0. The Labute approximate surface area is 157 Å². The van der Waals surface area contributed by atoms with Crippen molar-refractivity contribution in [3.63, 3.8) is 0 Å². The molecule has 1 fully saturated rings. The van der Waals surface area contributed by atoms with Crippen LogP contribution in [0.3, 0.4) is 0 Å². The van der Waals surface area contributed by atoms with Crippen LogP contribution in [-0.4, -0.2) is 50.1 Å². The Bertz CT molecular complexity index is 586. The molecule has 1 amide bonds. The number of likely N-dealkylation sites (tertiary alicyclic amines) is 1. The first kappa shape index (κ1) is 20.2. The molecule has 0 saturated carbocycles. The van der Waals surface area contributed by atoms with Gasteiger partial charge in [-0.1, -0.05) is 19.1 Å². The van der Waals surface area contributed by atoms with E-state index in [2.05, 4.69) is 22.5 Å². The van der Waals surface area contributed by atoms with Gasteiger partial charge in [-0.25, -0.2) is 4.99 Å². The van der Waals surface area contributed by atoms with E-state index < -0.39 is 0 Å². The number of aliphatic imine (C=N–C) groups is 1. The van der Waals surface area contributed by atoms with Crippen LogP contribution in [0.4, 0.5) is 5.69 Å². The number of rotatable bonds is 8. The van der Waals surface area contributed by atoms with E-state index in [0.29, 0.717) is 18.9 Å². The highest BCUT2D eigenvalue weighted by Gasteiger charge is 2.24. The molecule has 0 aliphatic carbocycles. The number of methoxy groups -OCH3 is 1. The van der Waals surface area contributed by atoms with E-state index in [9.17, 15) is 4.79 Å². The van der Waals surface area contributed by atoms with Crippen molar-refractivity contribution < 1.29 is 9.53 Å². The molecule has 0 radical (unpaired) electrons. The number of nitrogens with zero attached hydrogens (tertiary/aromatic N) is 2. The third-order valence-corrected chi connectivity index (χ3v) is 4.45. The predicted octanol–water partition coefficient (Wildman–Crippen LogP) is 2.86. The zero-order chi connectivity index (χ0) is 18.8. The Kier molecular flexibility index (Phi) is 8.41. The van der Waals surface area contributed by atoms with Gasteiger partial charge in [-0.3, -0.25) is 4.79 Å². The lowest BCUT2D eigenvalue weighted by Crippen LogP contribution is -2.40. The number of ether oxygens (including phenoxy) is 1. The highest BCUT2D eigenvalue weighted by Crippen LogP contribution is 2.17. The lowest BCUT2D eigenvalue weighted by molar-refractivity contribution is -0.116. The van der Waals surface area contributed by atoms with Crippen LogP contribution >= 0.6 is 0 Å². The van der Waals surface area contributed by atoms with Gasteiger partial charge in [-0.15, -0.1) is 0 Å². The number of benzene rings is 1. The van der Waals surface area contributed by atoms with Crippen molar-refractivity contribution in [1.82, 2.24) is 10.2 Å². The van der Waals surface area contributed by atoms with E-state index in [1.165, 1.54) is 0 Å². The number of anilines is 1. The van der Waals surface area contributed by atoms with Gasteiger partial charge >= 0.3 is 0 Å². The second kappa shape index (κ2) is 10.8. The summed E-state index contributed by atoms with van der Waals surface area (Å²) in [6, 6.07) is 7.92. The number of nitrogens with one attached hydrogen (secondary N) is 2. The Morgan fingerprint density at radius 3 is 2.73 bits per heavy atom. The second-order valence-corrected chi connectivity index (χ2v) is 6.72. The fourth-order valence-electron chi connectivity index (χ4n) is 3.13. The average Bonchev–Trinajstić information content (AvgIpc) is 3.09. The largest absolute Gasteiger partial charge is 0.384 e. The number of hydrogen-bond donors (Lipinski definition) is 2. The first-order valence-corrected chi connectivity index (χ1v) is 9.57. The van der Waals surface area contributed by atoms with Gasteiger partial charge in [0.2, 0.25) is 5.91 Å². The fourth-order valence-corrected chi connectivity index (χ4v) is 3.13.